The standard InChI is InChI=1S/C10H19NO3.C7H11NO4.C6H12O2/c1-9(2,3)14-8(12)11-6-7-13-10(11,4)5;1-2-6(9)11-3-5-4-12-7(10)8-5;1-4-5(2)6(7)8-3/h6-7H2,1-5H3;5H,2-4H2,1H3,(H,8,10);5H,4H2,1-3H3. The van der Waals surface area contributed by atoms with Crippen LogP contribution in [-0.4, -0.2) is 79.9 Å². The van der Waals surface area contributed by atoms with E-state index in [-0.39, 0.29) is 43.2 Å². The van der Waals surface area contributed by atoms with Crippen molar-refractivity contribution in [3.63, 3.8) is 0 Å². The summed E-state index contributed by atoms with van der Waals surface area (Å²) in [7, 11) is 1.41. The Morgan fingerprint density at radius 2 is 1.85 bits per heavy atom. The van der Waals surface area contributed by atoms with Crippen LogP contribution in [-0.2, 0) is 33.3 Å². The van der Waals surface area contributed by atoms with E-state index in [1.165, 1.54) is 7.11 Å². The number of hydrogen-bond donors (Lipinski definition) is 1. The summed E-state index contributed by atoms with van der Waals surface area (Å²) < 4.78 is 24.5. The fourth-order valence-corrected chi connectivity index (χ4v) is 2.54. The van der Waals surface area contributed by atoms with Crippen LogP contribution in [0.2, 0.25) is 0 Å². The first-order chi connectivity index (χ1) is 15.7. The fourth-order valence-electron chi connectivity index (χ4n) is 2.54. The smallest absolute Gasteiger partial charge is 0.412 e. The molecule has 0 aromatic rings. The zero-order chi connectivity index (χ0) is 26.5. The summed E-state index contributed by atoms with van der Waals surface area (Å²) >= 11 is 0. The highest BCUT2D eigenvalue weighted by molar-refractivity contribution is 5.71. The first-order valence-electron chi connectivity index (χ1n) is 11.5. The van der Waals surface area contributed by atoms with Crippen molar-refractivity contribution in [3.8, 4) is 0 Å². The van der Waals surface area contributed by atoms with E-state index in [9.17, 15) is 19.2 Å². The minimum Gasteiger partial charge on any atom is -0.469 e. The Balaban J connectivity index is 0.000000500. The summed E-state index contributed by atoms with van der Waals surface area (Å²) in [6.45, 7) is 16.5. The Morgan fingerprint density at radius 1 is 1.24 bits per heavy atom. The molecule has 2 rings (SSSR count). The van der Waals surface area contributed by atoms with E-state index in [4.69, 9.17) is 14.2 Å². The minimum absolute atomic E-state index is 0.0556. The van der Waals surface area contributed by atoms with Gasteiger partial charge >= 0.3 is 24.1 Å². The lowest BCUT2D eigenvalue weighted by atomic mass is 10.1. The maximum atomic E-state index is 11.7. The molecule has 2 saturated heterocycles. The van der Waals surface area contributed by atoms with E-state index in [1.807, 2.05) is 48.5 Å². The van der Waals surface area contributed by atoms with Gasteiger partial charge in [-0.3, -0.25) is 14.5 Å². The predicted molar refractivity (Wildman–Crippen MR) is 124 cm³/mol. The van der Waals surface area contributed by atoms with Gasteiger partial charge in [0.1, 0.15) is 30.6 Å². The van der Waals surface area contributed by atoms with Crippen LogP contribution in [0.25, 0.3) is 0 Å². The van der Waals surface area contributed by atoms with Gasteiger partial charge in [-0.15, -0.1) is 0 Å². The van der Waals surface area contributed by atoms with E-state index in [2.05, 4.69) is 14.8 Å². The van der Waals surface area contributed by atoms with Crippen molar-refractivity contribution < 1.29 is 42.9 Å². The number of rotatable bonds is 5. The van der Waals surface area contributed by atoms with Crippen molar-refractivity contribution in [3.05, 3.63) is 0 Å². The van der Waals surface area contributed by atoms with Gasteiger partial charge in [-0.25, -0.2) is 9.59 Å². The summed E-state index contributed by atoms with van der Waals surface area (Å²) in [5, 5.41) is 2.49. The molecule has 2 amide bonds. The molecule has 0 bridgehead atoms. The molecule has 2 heterocycles. The van der Waals surface area contributed by atoms with Gasteiger partial charge in [0.25, 0.3) is 0 Å². The molecule has 0 saturated carbocycles. The number of ether oxygens (including phenoxy) is 5. The molecule has 2 aliphatic heterocycles. The van der Waals surface area contributed by atoms with Gasteiger partial charge in [-0.05, 0) is 41.0 Å². The summed E-state index contributed by atoms with van der Waals surface area (Å²) in [5.41, 5.74) is -0.988. The van der Waals surface area contributed by atoms with Gasteiger partial charge in [0.15, 0.2) is 0 Å². The number of carbonyl (C=O) groups is 4. The van der Waals surface area contributed by atoms with Crippen molar-refractivity contribution in [1.29, 1.82) is 0 Å². The van der Waals surface area contributed by atoms with Crippen LogP contribution in [0.15, 0.2) is 0 Å². The second-order valence-corrected chi connectivity index (χ2v) is 9.24. The molecule has 0 aliphatic carbocycles. The molecule has 0 aromatic carbocycles. The van der Waals surface area contributed by atoms with Crippen LogP contribution < -0.4 is 5.32 Å². The number of methoxy groups -OCH3 is 1. The minimum atomic E-state index is -0.539. The van der Waals surface area contributed by atoms with Gasteiger partial charge in [0.05, 0.1) is 26.2 Å². The summed E-state index contributed by atoms with van der Waals surface area (Å²) in [4.78, 5) is 45.0. The van der Waals surface area contributed by atoms with Crippen LogP contribution in [0.5, 0.6) is 0 Å². The highest BCUT2D eigenvalue weighted by atomic mass is 16.6. The molecule has 2 atom stereocenters. The third-order valence-electron chi connectivity index (χ3n) is 4.72. The topological polar surface area (TPSA) is 130 Å². The molecule has 0 aromatic heterocycles. The average Bonchev–Trinajstić information content (AvgIpc) is 3.34. The predicted octanol–water partition coefficient (Wildman–Crippen LogP) is 3.24. The third-order valence-corrected chi connectivity index (χ3v) is 4.72. The maximum Gasteiger partial charge on any atom is 0.412 e. The zero-order valence-corrected chi connectivity index (χ0v) is 22.0. The van der Waals surface area contributed by atoms with Crippen LogP contribution in [0, 0.1) is 5.92 Å². The van der Waals surface area contributed by atoms with Crippen molar-refractivity contribution in [1.82, 2.24) is 10.2 Å². The van der Waals surface area contributed by atoms with Crippen molar-refractivity contribution >= 4 is 24.1 Å². The molecular formula is C23H42N2O9. The van der Waals surface area contributed by atoms with E-state index >= 15 is 0 Å². The van der Waals surface area contributed by atoms with E-state index in [0.29, 0.717) is 19.6 Å². The van der Waals surface area contributed by atoms with Gasteiger partial charge in [-0.1, -0.05) is 20.8 Å². The SMILES string of the molecule is CC(C)(C)OC(=O)N1CCOC1(C)C.CCC(=O)OCC1COC(=O)N1.CCC(C)C(=O)OC. The van der Waals surface area contributed by atoms with Crippen LogP contribution in [0.4, 0.5) is 9.59 Å². The zero-order valence-electron chi connectivity index (χ0n) is 22.0. The first-order valence-corrected chi connectivity index (χ1v) is 11.5. The van der Waals surface area contributed by atoms with Crippen LogP contribution >= 0.6 is 0 Å². The van der Waals surface area contributed by atoms with Crippen molar-refractivity contribution in [2.45, 2.75) is 85.6 Å². The molecule has 11 heteroatoms. The molecule has 1 N–H and O–H groups in total. The highest BCUT2D eigenvalue weighted by Crippen LogP contribution is 2.24. The van der Waals surface area contributed by atoms with Crippen molar-refractivity contribution in [2.24, 2.45) is 5.92 Å². The van der Waals surface area contributed by atoms with E-state index in [0.717, 1.165) is 6.42 Å². The number of hydrogen-bond acceptors (Lipinski definition) is 9. The third kappa shape index (κ3) is 12.6. The Bertz CT molecular complexity index is 674. The number of carbonyl (C=O) groups excluding carboxylic acids is 4. The number of alkyl carbamates (subject to hydrolysis) is 1. The quantitative estimate of drug-likeness (QED) is 0.456. The van der Waals surface area contributed by atoms with Gasteiger partial charge in [0, 0.05) is 6.42 Å². The number of nitrogens with zero attached hydrogens (tertiary/aromatic N) is 1. The molecule has 2 fully saturated rings. The number of amides is 2. The molecule has 198 valence electrons. The molecule has 0 spiro atoms. The first kappa shape index (κ1) is 31.4. The van der Waals surface area contributed by atoms with Gasteiger partial charge in [0.2, 0.25) is 0 Å². The fraction of sp³-hybridized carbons (Fsp3) is 0.826. The number of esters is 2. The lowest BCUT2D eigenvalue weighted by Gasteiger charge is -2.31. The Hall–Kier alpha value is -2.56. The van der Waals surface area contributed by atoms with Gasteiger partial charge < -0.3 is 29.0 Å². The lowest BCUT2D eigenvalue weighted by molar-refractivity contribution is -0.145. The molecule has 34 heavy (non-hydrogen) atoms. The molecule has 2 unspecified atom stereocenters. The Kier molecular flexibility index (Phi) is 13.5. The molecule has 0 radical (unpaired) electrons. The second-order valence-electron chi connectivity index (χ2n) is 9.24. The summed E-state index contributed by atoms with van der Waals surface area (Å²) in [6.07, 6.45) is 0.446. The normalized spacial score (nSPS) is 19.3. The monoisotopic (exact) mass is 490 g/mol. The van der Waals surface area contributed by atoms with Gasteiger partial charge in [-0.2, -0.15) is 0 Å². The van der Waals surface area contributed by atoms with Crippen LogP contribution in [0.3, 0.4) is 0 Å². The average molecular weight is 491 g/mol. The summed E-state index contributed by atoms with van der Waals surface area (Å²) in [6, 6.07) is -0.187. The molecule has 2 aliphatic rings. The lowest BCUT2D eigenvalue weighted by Crippen LogP contribution is -2.45. The summed E-state index contributed by atoms with van der Waals surface area (Å²) in [5.74, 6) is -0.330. The second kappa shape index (κ2) is 14.6. The Labute approximate surface area is 202 Å². The van der Waals surface area contributed by atoms with E-state index in [1.54, 1.807) is 11.8 Å². The molecular weight excluding hydrogens is 448 g/mol. The number of cyclic esters (lactones) is 1. The largest absolute Gasteiger partial charge is 0.469 e. The Morgan fingerprint density at radius 3 is 2.21 bits per heavy atom. The van der Waals surface area contributed by atoms with Crippen molar-refractivity contribution in [2.75, 3.05) is 33.5 Å². The van der Waals surface area contributed by atoms with E-state index < -0.39 is 17.4 Å². The number of nitrogens with one attached hydrogen (secondary N) is 1. The van der Waals surface area contributed by atoms with Crippen LogP contribution in [0.1, 0.15) is 68.2 Å². The molecule has 11 nitrogen and oxygen atoms in total. The maximum absolute atomic E-state index is 11.7. The highest BCUT2D eigenvalue weighted by Gasteiger charge is 2.38.